The van der Waals surface area contributed by atoms with Gasteiger partial charge >= 0.3 is 0 Å². The van der Waals surface area contributed by atoms with Crippen LogP contribution >= 0.6 is 0 Å². The molecule has 0 bridgehead atoms. The van der Waals surface area contributed by atoms with Crippen molar-refractivity contribution < 1.29 is 9.90 Å². The van der Waals surface area contributed by atoms with Crippen LogP contribution < -0.4 is 0 Å². The molecule has 0 radical (unpaired) electrons. The lowest BCUT2D eigenvalue weighted by Gasteiger charge is -2.24. The van der Waals surface area contributed by atoms with Crippen molar-refractivity contribution in [1.29, 1.82) is 0 Å². The largest absolute Gasteiger partial charge is 0.508 e. The van der Waals surface area contributed by atoms with Gasteiger partial charge in [0.25, 0.3) is 5.91 Å². The summed E-state index contributed by atoms with van der Waals surface area (Å²) in [5.41, 5.74) is 3.58. The van der Waals surface area contributed by atoms with Gasteiger partial charge in [-0.25, -0.2) is 0 Å². The summed E-state index contributed by atoms with van der Waals surface area (Å²) in [6, 6.07) is 19.0. The van der Waals surface area contributed by atoms with Crippen molar-refractivity contribution in [3.05, 3.63) is 83.2 Å². The maximum atomic E-state index is 12.7. The van der Waals surface area contributed by atoms with Gasteiger partial charge in [0.1, 0.15) is 11.4 Å². The second-order valence-electron chi connectivity index (χ2n) is 6.58. The number of aromatic hydroxyl groups is 1. The predicted octanol–water partition coefficient (Wildman–Crippen LogP) is 3.41. The summed E-state index contributed by atoms with van der Waals surface area (Å²) < 4.78 is 0. The minimum absolute atomic E-state index is 0.0151. The minimum Gasteiger partial charge on any atom is -0.508 e. The van der Waals surface area contributed by atoms with E-state index in [2.05, 4.69) is 10.2 Å². The number of nitrogens with zero attached hydrogens (tertiary/aromatic N) is 2. The minimum atomic E-state index is -0.105. The van der Waals surface area contributed by atoms with Gasteiger partial charge in [0.2, 0.25) is 0 Å². The fourth-order valence-electron chi connectivity index (χ4n) is 2.87. The first-order valence-corrected chi connectivity index (χ1v) is 8.66. The van der Waals surface area contributed by atoms with Gasteiger partial charge < -0.3 is 10.0 Å². The van der Waals surface area contributed by atoms with Gasteiger partial charge in [0.15, 0.2) is 0 Å². The van der Waals surface area contributed by atoms with Crippen molar-refractivity contribution in [3.8, 4) is 5.75 Å². The molecule has 3 aromatic rings. The van der Waals surface area contributed by atoms with E-state index in [-0.39, 0.29) is 17.7 Å². The number of amides is 1. The Morgan fingerprint density at radius 1 is 1.12 bits per heavy atom. The van der Waals surface area contributed by atoms with Crippen LogP contribution in [-0.2, 0) is 12.8 Å². The van der Waals surface area contributed by atoms with Crippen LogP contribution in [0.15, 0.2) is 60.7 Å². The van der Waals surface area contributed by atoms with Gasteiger partial charge in [0.05, 0.1) is 0 Å². The predicted molar refractivity (Wildman–Crippen MR) is 101 cm³/mol. The number of likely N-dealkylation sites (N-methyl/N-ethyl adjacent to an activating group) is 1. The normalized spacial score (nSPS) is 11.9. The first-order valence-electron chi connectivity index (χ1n) is 8.66. The van der Waals surface area contributed by atoms with Crippen LogP contribution in [0.25, 0.3) is 0 Å². The lowest BCUT2D eigenvalue weighted by atomic mass is 10.1. The zero-order valence-corrected chi connectivity index (χ0v) is 15.0. The van der Waals surface area contributed by atoms with E-state index in [0.29, 0.717) is 18.5 Å². The number of nitrogens with one attached hydrogen (secondary N) is 1. The Morgan fingerprint density at radius 3 is 2.50 bits per heavy atom. The molecule has 1 amide bonds. The fourth-order valence-corrected chi connectivity index (χ4v) is 2.87. The lowest BCUT2D eigenvalue weighted by Crippen LogP contribution is -2.36. The summed E-state index contributed by atoms with van der Waals surface area (Å²) >= 11 is 0. The quantitative estimate of drug-likeness (QED) is 0.716. The SMILES string of the molecule is CC(Cc1ccc(O)cc1)N(C)C(=O)c1cc(Cc2ccccc2)[nH]n1. The summed E-state index contributed by atoms with van der Waals surface area (Å²) in [6.45, 7) is 2.00. The molecule has 134 valence electrons. The van der Waals surface area contributed by atoms with E-state index in [1.54, 1.807) is 24.1 Å². The van der Waals surface area contributed by atoms with Gasteiger partial charge in [0, 0.05) is 25.2 Å². The van der Waals surface area contributed by atoms with E-state index in [9.17, 15) is 9.90 Å². The van der Waals surface area contributed by atoms with Crippen LogP contribution in [-0.4, -0.2) is 39.2 Å². The number of carbonyl (C=O) groups is 1. The Labute approximate surface area is 153 Å². The number of rotatable bonds is 6. The summed E-state index contributed by atoms with van der Waals surface area (Å²) in [4.78, 5) is 14.4. The van der Waals surface area contributed by atoms with Crippen LogP contribution in [0.1, 0.15) is 34.2 Å². The third-order valence-corrected chi connectivity index (χ3v) is 4.54. The Bertz CT molecular complexity index is 856. The summed E-state index contributed by atoms with van der Waals surface area (Å²) in [6.07, 6.45) is 1.43. The molecule has 3 rings (SSSR count). The number of aromatic nitrogens is 2. The number of H-pyrrole nitrogens is 1. The maximum Gasteiger partial charge on any atom is 0.274 e. The molecule has 26 heavy (non-hydrogen) atoms. The average Bonchev–Trinajstić information content (AvgIpc) is 3.11. The van der Waals surface area contributed by atoms with E-state index >= 15 is 0 Å². The molecule has 0 saturated heterocycles. The molecule has 0 spiro atoms. The van der Waals surface area contributed by atoms with E-state index in [1.807, 2.05) is 55.5 Å². The molecular formula is C21H23N3O2. The highest BCUT2D eigenvalue weighted by Crippen LogP contribution is 2.15. The molecular weight excluding hydrogens is 326 g/mol. The highest BCUT2D eigenvalue weighted by atomic mass is 16.3. The number of carbonyl (C=O) groups excluding carboxylic acids is 1. The highest BCUT2D eigenvalue weighted by Gasteiger charge is 2.20. The monoisotopic (exact) mass is 349 g/mol. The Morgan fingerprint density at radius 2 is 1.81 bits per heavy atom. The Balaban J connectivity index is 1.63. The molecule has 2 aromatic carbocycles. The summed E-state index contributed by atoms with van der Waals surface area (Å²) in [7, 11) is 1.79. The molecule has 0 aliphatic rings. The van der Waals surface area contributed by atoms with Crippen LogP contribution in [0.2, 0.25) is 0 Å². The second-order valence-corrected chi connectivity index (χ2v) is 6.58. The first-order chi connectivity index (χ1) is 12.5. The smallest absolute Gasteiger partial charge is 0.274 e. The number of aromatic amines is 1. The van der Waals surface area contributed by atoms with Gasteiger partial charge in [-0.2, -0.15) is 5.10 Å². The Kier molecular flexibility index (Phi) is 5.37. The van der Waals surface area contributed by atoms with Crippen molar-refractivity contribution in [3.63, 3.8) is 0 Å². The van der Waals surface area contributed by atoms with Crippen molar-refractivity contribution in [1.82, 2.24) is 15.1 Å². The number of hydrogen-bond acceptors (Lipinski definition) is 3. The molecule has 1 atom stereocenters. The van der Waals surface area contributed by atoms with Crippen LogP contribution in [0.4, 0.5) is 0 Å². The van der Waals surface area contributed by atoms with Crippen molar-refractivity contribution in [2.45, 2.75) is 25.8 Å². The van der Waals surface area contributed by atoms with Crippen molar-refractivity contribution in [2.75, 3.05) is 7.05 Å². The maximum absolute atomic E-state index is 12.7. The number of phenolic OH excluding ortho intramolecular Hbond substituents is 1. The van der Waals surface area contributed by atoms with Gasteiger partial charge in [-0.3, -0.25) is 9.89 Å². The van der Waals surface area contributed by atoms with Crippen LogP contribution in [0.3, 0.4) is 0 Å². The molecule has 1 unspecified atom stereocenters. The van der Waals surface area contributed by atoms with Crippen molar-refractivity contribution in [2.24, 2.45) is 0 Å². The van der Waals surface area contributed by atoms with Crippen LogP contribution in [0, 0.1) is 0 Å². The average molecular weight is 349 g/mol. The van der Waals surface area contributed by atoms with E-state index in [1.165, 1.54) is 5.56 Å². The fraction of sp³-hybridized carbons (Fsp3) is 0.238. The lowest BCUT2D eigenvalue weighted by molar-refractivity contribution is 0.0737. The summed E-state index contributed by atoms with van der Waals surface area (Å²) in [5, 5.41) is 16.5. The number of hydrogen-bond donors (Lipinski definition) is 2. The summed E-state index contributed by atoms with van der Waals surface area (Å²) in [5.74, 6) is 0.139. The molecule has 0 aliphatic heterocycles. The molecule has 2 N–H and O–H groups in total. The molecule has 0 fully saturated rings. The van der Waals surface area contributed by atoms with E-state index in [0.717, 1.165) is 11.3 Å². The molecule has 1 aromatic heterocycles. The molecule has 5 nitrogen and oxygen atoms in total. The van der Waals surface area contributed by atoms with Gasteiger partial charge in [-0.1, -0.05) is 42.5 Å². The molecule has 5 heteroatoms. The molecule has 0 saturated carbocycles. The Hall–Kier alpha value is -3.08. The number of phenols is 1. The van der Waals surface area contributed by atoms with Crippen LogP contribution in [0.5, 0.6) is 5.75 Å². The number of benzene rings is 2. The van der Waals surface area contributed by atoms with E-state index in [4.69, 9.17) is 0 Å². The zero-order valence-electron chi connectivity index (χ0n) is 15.0. The molecule has 0 aliphatic carbocycles. The van der Waals surface area contributed by atoms with E-state index < -0.39 is 0 Å². The van der Waals surface area contributed by atoms with Crippen molar-refractivity contribution >= 4 is 5.91 Å². The second kappa shape index (κ2) is 7.87. The van der Waals surface area contributed by atoms with Gasteiger partial charge in [-0.15, -0.1) is 0 Å². The van der Waals surface area contributed by atoms with Gasteiger partial charge in [-0.05, 0) is 42.7 Å². The zero-order chi connectivity index (χ0) is 18.5. The third-order valence-electron chi connectivity index (χ3n) is 4.54. The highest BCUT2D eigenvalue weighted by molar-refractivity contribution is 5.92. The first kappa shape index (κ1) is 17.7. The molecule has 1 heterocycles. The standard InChI is InChI=1S/C21H23N3O2/c1-15(12-17-8-10-19(25)11-9-17)24(2)21(26)20-14-18(22-23-20)13-16-6-4-3-5-7-16/h3-11,14-15,25H,12-13H2,1-2H3,(H,22,23). The third kappa shape index (κ3) is 4.30. The topological polar surface area (TPSA) is 69.2 Å².